The zero-order valence-corrected chi connectivity index (χ0v) is 11.8. The second-order valence-corrected chi connectivity index (χ2v) is 7.17. The first-order valence-corrected chi connectivity index (χ1v) is 8.21. The van der Waals surface area contributed by atoms with Crippen LogP contribution in [0.15, 0.2) is 11.2 Å². The van der Waals surface area contributed by atoms with Crippen LogP contribution in [0.4, 0.5) is 0 Å². The number of carbonyl (C=O) groups is 1. The number of sulfonamides is 1. The van der Waals surface area contributed by atoms with Crippen molar-refractivity contribution in [2.24, 2.45) is 5.92 Å². The highest BCUT2D eigenvalue weighted by Gasteiger charge is 2.35. The molecular weight excluding hydrogens is 282 g/mol. The molecule has 0 aromatic carbocycles. The highest BCUT2D eigenvalue weighted by atomic mass is 32.2. The lowest BCUT2D eigenvalue weighted by atomic mass is 9.99. The maximum atomic E-state index is 12.6. The topological polar surface area (TPSA) is 92.5 Å². The SMILES string of the molecule is O=C(O)C1CCN(S(=O)(=O)c2cnc3n2CCC3)CC1. The zero-order chi connectivity index (χ0) is 14.3. The molecule has 3 heterocycles. The molecule has 3 rings (SSSR count). The summed E-state index contributed by atoms with van der Waals surface area (Å²) in [5.41, 5.74) is 0. The number of carboxylic acids is 1. The molecule has 1 N–H and O–H groups in total. The van der Waals surface area contributed by atoms with Crippen LogP contribution in [0.25, 0.3) is 0 Å². The molecule has 0 amide bonds. The van der Waals surface area contributed by atoms with Crippen molar-refractivity contribution in [1.82, 2.24) is 13.9 Å². The Morgan fingerprint density at radius 1 is 1.30 bits per heavy atom. The Bertz CT molecular complexity index is 629. The number of carboxylic acid groups (broad SMARTS) is 1. The van der Waals surface area contributed by atoms with Gasteiger partial charge in [-0.3, -0.25) is 4.79 Å². The summed E-state index contributed by atoms with van der Waals surface area (Å²) in [5.74, 6) is -0.450. The highest BCUT2D eigenvalue weighted by molar-refractivity contribution is 7.89. The minimum atomic E-state index is -3.55. The molecule has 7 nitrogen and oxygen atoms in total. The Labute approximate surface area is 117 Å². The average molecular weight is 299 g/mol. The zero-order valence-electron chi connectivity index (χ0n) is 11.0. The summed E-state index contributed by atoms with van der Waals surface area (Å²) in [5, 5.41) is 9.20. The molecule has 110 valence electrons. The molecule has 0 bridgehead atoms. The van der Waals surface area contributed by atoms with Gasteiger partial charge in [0.15, 0.2) is 5.03 Å². The third kappa shape index (κ3) is 2.12. The van der Waals surface area contributed by atoms with Gasteiger partial charge in [-0.15, -0.1) is 0 Å². The van der Waals surface area contributed by atoms with Crippen LogP contribution in [-0.2, 0) is 27.8 Å². The summed E-state index contributed by atoms with van der Waals surface area (Å²) in [6.45, 7) is 1.22. The minimum Gasteiger partial charge on any atom is -0.481 e. The van der Waals surface area contributed by atoms with Gasteiger partial charge in [0.25, 0.3) is 10.0 Å². The number of aliphatic carboxylic acids is 1. The standard InChI is InChI=1S/C12H17N3O4S/c16-12(17)9-3-6-14(7-4-9)20(18,19)11-8-13-10-2-1-5-15(10)11/h8-9H,1-7H2,(H,16,17). The molecule has 1 saturated heterocycles. The van der Waals surface area contributed by atoms with Gasteiger partial charge in [0.1, 0.15) is 5.82 Å². The van der Waals surface area contributed by atoms with Crippen molar-refractivity contribution in [2.75, 3.05) is 13.1 Å². The summed E-state index contributed by atoms with van der Waals surface area (Å²) in [6.07, 6.45) is 3.90. The number of aryl methyl sites for hydroxylation is 1. The maximum Gasteiger partial charge on any atom is 0.306 e. The molecule has 0 aliphatic carbocycles. The Balaban J connectivity index is 1.81. The van der Waals surface area contributed by atoms with E-state index in [9.17, 15) is 13.2 Å². The summed E-state index contributed by atoms with van der Waals surface area (Å²) < 4.78 is 28.4. The van der Waals surface area contributed by atoms with Gasteiger partial charge < -0.3 is 9.67 Å². The van der Waals surface area contributed by atoms with Crippen molar-refractivity contribution < 1.29 is 18.3 Å². The first-order chi connectivity index (χ1) is 9.50. The predicted molar refractivity (Wildman–Crippen MR) is 69.7 cm³/mol. The molecule has 2 aliphatic rings. The third-order valence-electron chi connectivity index (χ3n) is 4.09. The van der Waals surface area contributed by atoms with E-state index in [1.54, 1.807) is 4.57 Å². The average Bonchev–Trinajstić information content (AvgIpc) is 3.00. The fourth-order valence-corrected chi connectivity index (χ4v) is 4.53. The van der Waals surface area contributed by atoms with E-state index in [0.29, 0.717) is 19.4 Å². The van der Waals surface area contributed by atoms with E-state index in [1.165, 1.54) is 10.5 Å². The smallest absolute Gasteiger partial charge is 0.306 e. The first-order valence-electron chi connectivity index (χ1n) is 6.77. The van der Waals surface area contributed by atoms with E-state index in [4.69, 9.17) is 5.11 Å². The Morgan fingerprint density at radius 3 is 2.65 bits per heavy atom. The van der Waals surface area contributed by atoms with Crippen molar-refractivity contribution in [3.63, 3.8) is 0 Å². The quantitative estimate of drug-likeness (QED) is 0.867. The van der Waals surface area contributed by atoms with E-state index < -0.39 is 21.9 Å². The maximum absolute atomic E-state index is 12.6. The van der Waals surface area contributed by atoms with Crippen LogP contribution >= 0.6 is 0 Å². The number of nitrogens with zero attached hydrogens (tertiary/aromatic N) is 3. The fraction of sp³-hybridized carbons (Fsp3) is 0.667. The molecule has 1 fully saturated rings. The second kappa shape index (κ2) is 4.85. The van der Waals surface area contributed by atoms with Gasteiger partial charge in [-0.2, -0.15) is 4.31 Å². The predicted octanol–water partition coefficient (Wildman–Crippen LogP) is 0.315. The monoisotopic (exact) mass is 299 g/mol. The number of fused-ring (bicyclic) bond motifs is 1. The molecule has 2 aliphatic heterocycles. The lowest BCUT2D eigenvalue weighted by molar-refractivity contribution is -0.142. The second-order valence-electron chi connectivity index (χ2n) is 5.28. The van der Waals surface area contributed by atoms with Gasteiger partial charge in [-0.05, 0) is 19.3 Å². The number of hydrogen-bond donors (Lipinski definition) is 1. The van der Waals surface area contributed by atoms with Crippen molar-refractivity contribution in [1.29, 1.82) is 0 Å². The molecule has 1 aromatic rings. The van der Waals surface area contributed by atoms with Gasteiger partial charge in [0, 0.05) is 26.1 Å². The van der Waals surface area contributed by atoms with Crippen LogP contribution < -0.4 is 0 Å². The summed E-state index contributed by atoms with van der Waals surface area (Å²) in [6, 6.07) is 0. The molecule has 0 saturated carbocycles. The molecule has 20 heavy (non-hydrogen) atoms. The van der Waals surface area contributed by atoms with Gasteiger partial charge in [-0.1, -0.05) is 0 Å². The highest BCUT2D eigenvalue weighted by Crippen LogP contribution is 2.26. The van der Waals surface area contributed by atoms with Crippen LogP contribution in [0.5, 0.6) is 0 Å². The van der Waals surface area contributed by atoms with E-state index in [0.717, 1.165) is 18.7 Å². The number of hydrogen-bond acceptors (Lipinski definition) is 4. The van der Waals surface area contributed by atoms with E-state index in [2.05, 4.69) is 4.98 Å². The molecule has 1 aromatic heterocycles. The largest absolute Gasteiger partial charge is 0.481 e. The number of piperidine rings is 1. The molecule has 8 heteroatoms. The van der Waals surface area contributed by atoms with Crippen molar-refractivity contribution in [3.8, 4) is 0 Å². The van der Waals surface area contributed by atoms with Gasteiger partial charge >= 0.3 is 5.97 Å². The lowest BCUT2D eigenvalue weighted by Crippen LogP contribution is -2.40. The summed E-state index contributed by atoms with van der Waals surface area (Å²) >= 11 is 0. The van der Waals surface area contributed by atoms with Gasteiger partial charge in [-0.25, -0.2) is 13.4 Å². The van der Waals surface area contributed by atoms with Crippen LogP contribution in [0, 0.1) is 5.92 Å². The van der Waals surface area contributed by atoms with Crippen LogP contribution in [-0.4, -0.2) is 46.4 Å². The summed E-state index contributed by atoms with van der Waals surface area (Å²) in [7, 11) is -3.55. The minimum absolute atomic E-state index is 0.249. The molecular formula is C12H17N3O4S. The van der Waals surface area contributed by atoms with E-state index in [1.807, 2.05) is 0 Å². The van der Waals surface area contributed by atoms with Crippen molar-refractivity contribution in [2.45, 2.75) is 37.3 Å². The normalized spacial score (nSPS) is 21.0. The van der Waals surface area contributed by atoms with Crippen LogP contribution in [0.2, 0.25) is 0 Å². The molecule has 0 spiro atoms. The van der Waals surface area contributed by atoms with E-state index >= 15 is 0 Å². The number of imidazole rings is 1. The first kappa shape index (κ1) is 13.6. The third-order valence-corrected chi connectivity index (χ3v) is 5.99. The Kier molecular flexibility index (Phi) is 3.29. The van der Waals surface area contributed by atoms with Gasteiger partial charge in [0.05, 0.1) is 12.1 Å². The Morgan fingerprint density at radius 2 is 2.00 bits per heavy atom. The Hall–Kier alpha value is -1.41. The molecule has 0 unspecified atom stereocenters. The number of rotatable bonds is 3. The number of aromatic nitrogens is 2. The van der Waals surface area contributed by atoms with Crippen LogP contribution in [0.1, 0.15) is 25.1 Å². The molecule has 0 radical (unpaired) electrons. The molecule has 0 atom stereocenters. The van der Waals surface area contributed by atoms with Crippen LogP contribution in [0.3, 0.4) is 0 Å². The summed E-state index contributed by atoms with van der Waals surface area (Å²) in [4.78, 5) is 15.1. The van der Waals surface area contributed by atoms with Crippen molar-refractivity contribution >= 4 is 16.0 Å². The van der Waals surface area contributed by atoms with Crippen molar-refractivity contribution in [3.05, 3.63) is 12.0 Å². The lowest BCUT2D eigenvalue weighted by Gasteiger charge is -2.29. The fourth-order valence-electron chi connectivity index (χ4n) is 2.91. The van der Waals surface area contributed by atoms with Gasteiger partial charge in [0.2, 0.25) is 0 Å². The van der Waals surface area contributed by atoms with E-state index in [-0.39, 0.29) is 18.1 Å².